The van der Waals surface area contributed by atoms with E-state index in [2.05, 4.69) is 49.4 Å². The molecule has 1 nitrogen and oxygen atoms in total. The fourth-order valence-corrected chi connectivity index (χ4v) is 2.00. The maximum absolute atomic E-state index is 9.03. The van der Waals surface area contributed by atoms with Crippen LogP contribution in [0.25, 0.3) is 10.8 Å². The molecule has 0 aromatic heterocycles. The van der Waals surface area contributed by atoms with Gasteiger partial charge in [-0.15, -0.1) is 0 Å². The van der Waals surface area contributed by atoms with E-state index in [1.165, 1.54) is 16.3 Å². The molecular formula is C15H18O. The van der Waals surface area contributed by atoms with Gasteiger partial charge in [0, 0.05) is 6.61 Å². The molecule has 1 heteroatoms. The van der Waals surface area contributed by atoms with Gasteiger partial charge in [0.25, 0.3) is 0 Å². The largest absolute Gasteiger partial charge is 0.396 e. The summed E-state index contributed by atoms with van der Waals surface area (Å²) in [5, 5.41) is 11.7. The lowest BCUT2D eigenvalue weighted by Crippen LogP contribution is -2.02. The van der Waals surface area contributed by atoms with Crippen LogP contribution in [0.5, 0.6) is 0 Å². The molecule has 0 aliphatic heterocycles. The zero-order valence-electron chi connectivity index (χ0n) is 9.69. The molecule has 0 saturated carbocycles. The van der Waals surface area contributed by atoms with Crippen LogP contribution in [-0.2, 0) is 6.42 Å². The summed E-state index contributed by atoms with van der Waals surface area (Å²) in [6.45, 7) is 2.37. The molecule has 84 valence electrons. The van der Waals surface area contributed by atoms with E-state index in [-0.39, 0.29) is 6.61 Å². The lowest BCUT2D eigenvalue weighted by atomic mass is 9.97. The van der Waals surface area contributed by atoms with Crippen molar-refractivity contribution in [2.75, 3.05) is 6.61 Å². The van der Waals surface area contributed by atoms with Gasteiger partial charge in [-0.05, 0) is 35.1 Å². The molecule has 0 aliphatic carbocycles. The lowest BCUT2D eigenvalue weighted by molar-refractivity contribution is 0.230. The number of aliphatic hydroxyl groups excluding tert-OH is 1. The number of fused-ring (bicyclic) bond motifs is 1. The molecule has 1 unspecified atom stereocenters. The average molecular weight is 214 g/mol. The monoisotopic (exact) mass is 214 g/mol. The van der Waals surface area contributed by atoms with E-state index in [0.29, 0.717) is 5.92 Å². The van der Waals surface area contributed by atoms with Gasteiger partial charge in [-0.3, -0.25) is 0 Å². The minimum Gasteiger partial charge on any atom is -0.396 e. The first kappa shape index (κ1) is 11.2. The van der Waals surface area contributed by atoms with Crippen molar-refractivity contribution < 1.29 is 5.11 Å². The SMILES string of the molecule is CC(CO)CCc1cccc2ccccc12. The van der Waals surface area contributed by atoms with Crippen LogP contribution in [-0.4, -0.2) is 11.7 Å². The highest BCUT2D eigenvalue weighted by Gasteiger charge is 2.03. The first-order chi connectivity index (χ1) is 7.81. The quantitative estimate of drug-likeness (QED) is 0.827. The molecule has 0 radical (unpaired) electrons. The minimum atomic E-state index is 0.283. The predicted molar refractivity (Wildman–Crippen MR) is 68.5 cm³/mol. The average Bonchev–Trinajstić information content (AvgIpc) is 2.35. The first-order valence-corrected chi connectivity index (χ1v) is 5.88. The van der Waals surface area contributed by atoms with Gasteiger partial charge in [-0.1, -0.05) is 49.4 Å². The van der Waals surface area contributed by atoms with Gasteiger partial charge in [-0.25, -0.2) is 0 Å². The molecular weight excluding hydrogens is 196 g/mol. The van der Waals surface area contributed by atoms with E-state index in [9.17, 15) is 0 Å². The zero-order chi connectivity index (χ0) is 11.4. The number of aryl methyl sites for hydroxylation is 1. The van der Waals surface area contributed by atoms with E-state index >= 15 is 0 Å². The summed E-state index contributed by atoms with van der Waals surface area (Å²) in [4.78, 5) is 0. The Morgan fingerprint density at radius 2 is 1.81 bits per heavy atom. The van der Waals surface area contributed by atoms with Crippen LogP contribution >= 0.6 is 0 Å². The minimum absolute atomic E-state index is 0.283. The van der Waals surface area contributed by atoms with Crippen LogP contribution in [0.1, 0.15) is 18.9 Å². The van der Waals surface area contributed by atoms with Crippen molar-refractivity contribution >= 4 is 10.8 Å². The summed E-state index contributed by atoms with van der Waals surface area (Å²) in [7, 11) is 0. The standard InChI is InChI=1S/C15H18O/c1-12(11-16)9-10-14-7-4-6-13-5-2-3-8-15(13)14/h2-8,12,16H,9-11H2,1H3. The maximum Gasteiger partial charge on any atom is 0.0456 e. The predicted octanol–water partition coefficient (Wildman–Crippen LogP) is 3.40. The van der Waals surface area contributed by atoms with Crippen LogP contribution < -0.4 is 0 Å². The van der Waals surface area contributed by atoms with Crippen molar-refractivity contribution in [1.82, 2.24) is 0 Å². The number of hydrogen-bond donors (Lipinski definition) is 1. The second-order valence-corrected chi connectivity index (χ2v) is 4.46. The number of benzene rings is 2. The Bertz CT molecular complexity index is 456. The molecule has 2 rings (SSSR count). The van der Waals surface area contributed by atoms with Crippen LogP contribution in [0, 0.1) is 5.92 Å². The van der Waals surface area contributed by atoms with Crippen molar-refractivity contribution in [2.45, 2.75) is 19.8 Å². The molecule has 0 aliphatic rings. The van der Waals surface area contributed by atoms with E-state index in [1.54, 1.807) is 0 Å². The molecule has 0 spiro atoms. The Balaban J connectivity index is 2.23. The van der Waals surface area contributed by atoms with Crippen LogP contribution in [0.3, 0.4) is 0 Å². The Kier molecular flexibility index (Phi) is 3.58. The molecule has 16 heavy (non-hydrogen) atoms. The summed E-state index contributed by atoms with van der Waals surface area (Å²) in [5.41, 5.74) is 1.39. The number of rotatable bonds is 4. The van der Waals surface area contributed by atoms with E-state index in [1.807, 2.05) is 0 Å². The van der Waals surface area contributed by atoms with Crippen molar-refractivity contribution in [3.8, 4) is 0 Å². The number of hydrogen-bond acceptors (Lipinski definition) is 1. The molecule has 1 atom stereocenters. The van der Waals surface area contributed by atoms with E-state index < -0.39 is 0 Å². The second-order valence-electron chi connectivity index (χ2n) is 4.46. The summed E-state index contributed by atoms with van der Waals surface area (Å²) < 4.78 is 0. The topological polar surface area (TPSA) is 20.2 Å². The molecule has 0 fully saturated rings. The summed E-state index contributed by atoms with van der Waals surface area (Å²) in [6, 6.07) is 14.9. The van der Waals surface area contributed by atoms with Crippen molar-refractivity contribution in [3.63, 3.8) is 0 Å². The fraction of sp³-hybridized carbons (Fsp3) is 0.333. The molecule has 2 aromatic carbocycles. The fourth-order valence-electron chi connectivity index (χ4n) is 2.00. The summed E-state index contributed by atoms with van der Waals surface area (Å²) in [6.07, 6.45) is 2.09. The second kappa shape index (κ2) is 5.13. The third kappa shape index (κ3) is 2.42. The Hall–Kier alpha value is -1.34. The van der Waals surface area contributed by atoms with Crippen LogP contribution in [0.4, 0.5) is 0 Å². The smallest absolute Gasteiger partial charge is 0.0456 e. The van der Waals surface area contributed by atoms with Crippen molar-refractivity contribution in [1.29, 1.82) is 0 Å². The van der Waals surface area contributed by atoms with E-state index in [4.69, 9.17) is 5.11 Å². The molecule has 1 N–H and O–H groups in total. The molecule has 0 bridgehead atoms. The van der Waals surface area contributed by atoms with Gasteiger partial charge in [0.15, 0.2) is 0 Å². The van der Waals surface area contributed by atoms with Crippen LogP contribution in [0.2, 0.25) is 0 Å². The summed E-state index contributed by atoms with van der Waals surface area (Å²) >= 11 is 0. The van der Waals surface area contributed by atoms with Gasteiger partial charge in [0.1, 0.15) is 0 Å². The van der Waals surface area contributed by atoms with Gasteiger partial charge >= 0.3 is 0 Å². The highest BCUT2D eigenvalue weighted by Crippen LogP contribution is 2.20. The van der Waals surface area contributed by atoms with Gasteiger partial charge < -0.3 is 5.11 Å². The lowest BCUT2D eigenvalue weighted by Gasteiger charge is -2.09. The van der Waals surface area contributed by atoms with Crippen LogP contribution in [0.15, 0.2) is 42.5 Å². The highest BCUT2D eigenvalue weighted by molar-refractivity contribution is 5.85. The Morgan fingerprint density at radius 3 is 2.62 bits per heavy atom. The van der Waals surface area contributed by atoms with Crippen molar-refractivity contribution in [2.24, 2.45) is 5.92 Å². The normalized spacial score (nSPS) is 12.9. The zero-order valence-corrected chi connectivity index (χ0v) is 9.69. The number of aliphatic hydroxyl groups is 1. The Labute approximate surface area is 96.7 Å². The maximum atomic E-state index is 9.03. The van der Waals surface area contributed by atoms with Gasteiger partial charge in [0.2, 0.25) is 0 Å². The molecule has 0 heterocycles. The van der Waals surface area contributed by atoms with Gasteiger partial charge in [-0.2, -0.15) is 0 Å². The van der Waals surface area contributed by atoms with Gasteiger partial charge in [0.05, 0.1) is 0 Å². The molecule has 0 amide bonds. The third-order valence-electron chi connectivity index (χ3n) is 3.10. The first-order valence-electron chi connectivity index (χ1n) is 5.88. The molecule has 2 aromatic rings. The molecule has 0 saturated heterocycles. The highest BCUT2D eigenvalue weighted by atomic mass is 16.3. The van der Waals surface area contributed by atoms with Crippen molar-refractivity contribution in [3.05, 3.63) is 48.0 Å². The third-order valence-corrected chi connectivity index (χ3v) is 3.10. The Morgan fingerprint density at radius 1 is 1.06 bits per heavy atom. The summed E-state index contributed by atoms with van der Waals surface area (Å²) in [5.74, 6) is 0.388. The van der Waals surface area contributed by atoms with E-state index in [0.717, 1.165) is 12.8 Å².